The van der Waals surface area contributed by atoms with Gasteiger partial charge in [0.1, 0.15) is 11.6 Å². The molecule has 1 aliphatic heterocycles. The molecule has 3 heterocycles. The Labute approximate surface area is 224 Å². The molecule has 196 valence electrons. The standard InChI is InChI=1S/C31H36N6O/c1-22-13-15-24(16-14-22)21-27-32-29(28-23(2)34-37(30(28)33-27)26-11-4-3-5-12-26)35-17-8-18-36(20-19-35)31(38)25-9-6-7-10-25/h3-5,11-16,25H,6-10,17-21H2,1-2H3. The Morgan fingerprint density at radius 2 is 1.63 bits per heavy atom. The highest BCUT2D eigenvalue weighted by Gasteiger charge is 2.30. The minimum absolute atomic E-state index is 0.222. The van der Waals surface area contributed by atoms with Crippen molar-refractivity contribution < 1.29 is 4.79 Å². The molecule has 1 saturated carbocycles. The normalized spacial score (nSPS) is 16.8. The maximum atomic E-state index is 13.2. The van der Waals surface area contributed by atoms with Crippen molar-refractivity contribution in [2.45, 2.75) is 52.4 Å². The Morgan fingerprint density at radius 3 is 2.39 bits per heavy atom. The van der Waals surface area contributed by atoms with E-state index in [0.29, 0.717) is 12.3 Å². The van der Waals surface area contributed by atoms with Gasteiger partial charge >= 0.3 is 0 Å². The zero-order valence-electron chi connectivity index (χ0n) is 22.4. The Balaban J connectivity index is 1.38. The number of aryl methyl sites for hydroxylation is 2. The molecule has 4 aromatic rings. The Morgan fingerprint density at radius 1 is 0.868 bits per heavy atom. The summed E-state index contributed by atoms with van der Waals surface area (Å²) in [6.07, 6.45) is 6.05. The van der Waals surface area contributed by atoms with Gasteiger partial charge in [0.05, 0.1) is 16.8 Å². The minimum atomic E-state index is 0.222. The number of benzene rings is 2. The zero-order chi connectivity index (χ0) is 26.1. The highest BCUT2D eigenvalue weighted by Crippen LogP contribution is 2.31. The number of anilines is 1. The molecule has 0 radical (unpaired) electrons. The molecular weight excluding hydrogens is 472 g/mol. The van der Waals surface area contributed by atoms with Crippen LogP contribution in [0.1, 0.15) is 54.7 Å². The van der Waals surface area contributed by atoms with E-state index in [1.54, 1.807) is 0 Å². The number of amides is 1. The SMILES string of the molecule is Cc1ccc(Cc2nc(N3CCCN(C(=O)C4CCCC4)CC3)c3c(C)nn(-c4ccccc4)c3n2)cc1. The number of rotatable bonds is 5. The Kier molecular flexibility index (Phi) is 6.83. The van der Waals surface area contributed by atoms with Crippen LogP contribution in [0.15, 0.2) is 54.6 Å². The zero-order valence-corrected chi connectivity index (χ0v) is 22.4. The van der Waals surface area contributed by atoms with Crippen LogP contribution < -0.4 is 4.90 Å². The number of carbonyl (C=O) groups excluding carboxylic acids is 1. The maximum Gasteiger partial charge on any atom is 0.225 e. The molecule has 7 nitrogen and oxygen atoms in total. The molecule has 0 atom stereocenters. The first-order valence-electron chi connectivity index (χ1n) is 14.0. The summed E-state index contributed by atoms with van der Waals surface area (Å²) in [5.41, 5.74) is 5.17. The third-order valence-corrected chi connectivity index (χ3v) is 8.02. The van der Waals surface area contributed by atoms with Crippen molar-refractivity contribution in [2.24, 2.45) is 5.92 Å². The molecule has 7 heteroatoms. The van der Waals surface area contributed by atoms with Gasteiger partial charge in [0.15, 0.2) is 5.65 Å². The van der Waals surface area contributed by atoms with Gasteiger partial charge in [-0.25, -0.2) is 14.6 Å². The van der Waals surface area contributed by atoms with Crippen LogP contribution in [-0.2, 0) is 11.2 Å². The van der Waals surface area contributed by atoms with Crippen LogP contribution in [0.4, 0.5) is 5.82 Å². The van der Waals surface area contributed by atoms with Crippen molar-refractivity contribution in [3.05, 3.63) is 77.2 Å². The molecule has 0 bridgehead atoms. The molecule has 1 amide bonds. The fraction of sp³-hybridized carbons (Fsp3) is 0.419. The van der Waals surface area contributed by atoms with Gasteiger partial charge in [-0.2, -0.15) is 5.10 Å². The maximum absolute atomic E-state index is 13.2. The van der Waals surface area contributed by atoms with Gasteiger partial charge in [-0.05, 0) is 50.8 Å². The fourth-order valence-corrected chi connectivity index (χ4v) is 5.93. The molecule has 0 N–H and O–H groups in total. The van der Waals surface area contributed by atoms with Crippen LogP contribution in [-0.4, -0.2) is 56.7 Å². The van der Waals surface area contributed by atoms with Gasteiger partial charge in [0.25, 0.3) is 0 Å². The summed E-state index contributed by atoms with van der Waals surface area (Å²) in [5.74, 6) is 2.30. The molecule has 0 spiro atoms. The molecule has 6 rings (SSSR count). The van der Waals surface area contributed by atoms with Gasteiger partial charge in [-0.15, -0.1) is 0 Å². The first-order valence-corrected chi connectivity index (χ1v) is 14.0. The monoisotopic (exact) mass is 508 g/mol. The summed E-state index contributed by atoms with van der Waals surface area (Å²) in [6.45, 7) is 7.33. The second-order valence-corrected chi connectivity index (χ2v) is 10.8. The number of fused-ring (bicyclic) bond motifs is 1. The van der Waals surface area contributed by atoms with Gasteiger partial charge in [0.2, 0.25) is 5.91 Å². The molecule has 2 fully saturated rings. The fourth-order valence-electron chi connectivity index (χ4n) is 5.93. The first-order chi connectivity index (χ1) is 18.6. The number of hydrogen-bond acceptors (Lipinski definition) is 5. The second kappa shape index (κ2) is 10.6. The Bertz CT molecular complexity index is 1420. The lowest BCUT2D eigenvalue weighted by Gasteiger charge is -2.25. The summed E-state index contributed by atoms with van der Waals surface area (Å²) in [4.78, 5) is 27.8. The van der Waals surface area contributed by atoms with Crippen LogP contribution in [0, 0.1) is 19.8 Å². The molecule has 0 unspecified atom stereocenters. The lowest BCUT2D eigenvalue weighted by Crippen LogP contribution is -2.38. The van der Waals surface area contributed by atoms with E-state index in [1.165, 1.54) is 24.0 Å². The van der Waals surface area contributed by atoms with Crippen molar-refractivity contribution >= 4 is 22.8 Å². The summed E-state index contributed by atoms with van der Waals surface area (Å²) in [6, 6.07) is 18.8. The van der Waals surface area contributed by atoms with E-state index >= 15 is 0 Å². The predicted octanol–water partition coefficient (Wildman–Crippen LogP) is 5.25. The van der Waals surface area contributed by atoms with Crippen molar-refractivity contribution in [3.63, 3.8) is 0 Å². The quantitative estimate of drug-likeness (QED) is 0.368. The van der Waals surface area contributed by atoms with Gasteiger partial charge in [0, 0.05) is 38.5 Å². The molecular formula is C31H36N6O. The van der Waals surface area contributed by atoms with Crippen LogP contribution in [0.5, 0.6) is 0 Å². The lowest BCUT2D eigenvalue weighted by molar-refractivity contribution is -0.135. The third kappa shape index (κ3) is 4.89. The van der Waals surface area contributed by atoms with E-state index in [2.05, 4.69) is 53.1 Å². The van der Waals surface area contributed by atoms with Crippen LogP contribution >= 0.6 is 0 Å². The summed E-state index contributed by atoms with van der Waals surface area (Å²) in [7, 11) is 0. The average Bonchev–Trinajstić information content (AvgIpc) is 3.51. The van der Waals surface area contributed by atoms with Crippen LogP contribution in [0.25, 0.3) is 16.7 Å². The summed E-state index contributed by atoms with van der Waals surface area (Å²) in [5, 5.41) is 5.91. The van der Waals surface area contributed by atoms with Gasteiger partial charge in [-0.1, -0.05) is 60.9 Å². The van der Waals surface area contributed by atoms with Crippen molar-refractivity contribution in [1.29, 1.82) is 0 Å². The largest absolute Gasteiger partial charge is 0.354 e. The molecule has 2 aromatic carbocycles. The molecule has 1 aliphatic carbocycles. The van der Waals surface area contributed by atoms with Gasteiger partial charge in [-0.3, -0.25) is 4.79 Å². The second-order valence-electron chi connectivity index (χ2n) is 10.8. The van der Waals surface area contributed by atoms with Crippen molar-refractivity contribution in [1.82, 2.24) is 24.6 Å². The minimum Gasteiger partial charge on any atom is -0.354 e. The van der Waals surface area contributed by atoms with Crippen LogP contribution in [0.2, 0.25) is 0 Å². The number of carbonyl (C=O) groups is 1. The first kappa shape index (κ1) is 24.6. The van der Waals surface area contributed by atoms with E-state index in [0.717, 1.165) is 79.5 Å². The number of aromatic nitrogens is 4. The van der Waals surface area contributed by atoms with E-state index in [1.807, 2.05) is 29.8 Å². The predicted molar refractivity (Wildman–Crippen MR) is 151 cm³/mol. The van der Waals surface area contributed by atoms with Crippen LogP contribution in [0.3, 0.4) is 0 Å². The van der Waals surface area contributed by atoms with Gasteiger partial charge < -0.3 is 9.80 Å². The van der Waals surface area contributed by atoms with E-state index < -0.39 is 0 Å². The topological polar surface area (TPSA) is 67.2 Å². The molecule has 38 heavy (non-hydrogen) atoms. The molecule has 2 aliphatic rings. The van der Waals surface area contributed by atoms with Crippen molar-refractivity contribution in [3.8, 4) is 5.69 Å². The van der Waals surface area contributed by atoms with Crippen molar-refractivity contribution in [2.75, 3.05) is 31.1 Å². The highest BCUT2D eigenvalue weighted by atomic mass is 16.2. The molecule has 1 saturated heterocycles. The number of nitrogens with zero attached hydrogens (tertiary/aromatic N) is 6. The summed E-state index contributed by atoms with van der Waals surface area (Å²) >= 11 is 0. The van der Waals surface area contributed by atoms with E-state index in [9.17, 15) is 4.79 Å². The van der Waals surface area contributed by atoms with E-state index in [4.69, 9.17) is 15.1 Å². The third-order valence-electron chi connectivity index (χ3n) is 8.02. The summed E-state index contributed by atoms with van der Waals surface area (Å²) < 4.78 is 1.95. The average molecular weight is 509 g/mol. The lowest BCUT2D eigenvalue weighted by atomic mass is 10.1. The molecule has 2 aromatic heterocycles. The number of hydrogen-bond donors (Lipinski definition) is 0. The highest BCUT2D eigenvalue weighted by molar-refractivity contribution is 5.91. The number of para-hydroxylation sites is 1. The Hall–Kier alpha value is -3.74. The van der Waals surface area contributed by atoms with E-state index in [-0.39, 0.29) is 5.92 Å². The smallest absolute Gasteiger partial charge is 0.225 e.